The monoisotopic (exact) mass is 419 g/mol. The number of nitrogens with zero attached hydrogens (tertiary/aromatic N) is 3. The van der Waals surface area contributed by atoms with E-state index in [1.165, 1.54) is 16.7 Å². The SMILES string of the molecule is COc1ccc(CCN2CN(Cc3cc(OC)cc(OC)c3)Cc3cccnc32)cc1. The normalized spacial score (nSPS) is 13.6. The molecule has 0 amide bonds. The third-order valence-electron chi connectivity index (χ3n) is 5.58. The van der Waals surface area contributed by atoms with Crippen molar-refractivity contribution in [1.29, 1.82) is 0 Å². The summed E-state index contributed by atoms with van der Waals surface area (Å²) in [5.74, 6) is 3.58. The smallest absolute Gasteiger partial charge is 0.134 e. The molecule has 2 aromatic carbocycles. The third-order valence-corrected chi connectivity index (χ3v) is 5.58. The van der Waals surface area contributed by atoms with Crippen LogP contribution in [0.4, 0.5) is 5.82 Å². The van der Waals surface area contributed by atoms with Gasteiger partial charge in [0.15, 0.2) is 0 Å². The number of hydrogen-bond acceptors (Lipinski definition) is 6. The topological polar surface area (TPSA) is 47.1 Å². The molecule has 1 aliphatic heterocycles. The molecular weight excluding hydrogens is 390 g/mol. The zero-order chi connectivity index (χ0) is 21.6. The molecule has 1 aromatic heterocycles. The van der Waals surface area contributed by atoms with Crippen LogP contribution in [0.25, 0.3) is 0 Å². The van der Waals surface area contributed by atoms with Crippen molar-refractivity contribution in [3.05, 3.63) is 77.5 Å². The fourth-order valence-electron chi connectivity index (χ4n) is 3.99. The summed E-state index contributed by atoms with van der Waals surface area (Å²) in [6.07, 6.45) is 2.82. The van der Waals surface area contributed by atoms with E-state index in [4.69, 9.17) is 14.2 Å². The Morgan fingerprint density at radius 3 is 2.23 bits per heavy atom. The van der Waals surface area contributed by atoms with E-state index in [1.807, 2.05) is 30.5 Å². The molecule has 162 valence electrons. The van der Waals surface area contributed by atoms with Crippen LogP contribution in [-0.2, 0) is 19.5 Å². The second-order valence-corrected chi connectivity index (χ2v) is 7.70. The van der Waals surface area contributed by atoms with Gasteiger partial charge in [-0.05, 0) is 47.9 Å². The Hall–Kier alpha value is -3.25. The largest absolute Gasteiger partial charge is 0.497 e. The summed E-state index contributed by atoms with van der Waals surface area (Å²) in [5, 5.41) is 0. The summed E-state index contributed by atoms with van der Waals surface area (Å²) in [6, 6.07) is 18.5. The van der Waals surface area contributed by atoms with Gasteiger partial charge in [-0.3, -0.25) is 4.90 Å². The van der Waals surface area contributed by atoms with Crippen LogP contribution in [0.1, 0.15) is 16.7 Å². The number of fused-ring (bicyclic) bond motifs is 1. The Balaban J connectivity index is 1.50. The van der Waals surface area contributed by atoms with Crippen molar-refractivity contribution in [2.45, 2.75) is 19.5 Å². The molecule has 2 heterocycles. The van der Waals surface area contributed by atoms with E-state index in [9.17, 15) is 0 Å². The standard InChI is InChI=1S/C25H29N3O3/c1-29-22-8-6-19(7-9-22)10-12-28-18-27(17-21-5-4-11-26-25(21)28)16-20-13-23(30-2)15-24(14-20)31-3/h4-9,11,13-15H,10,12,16-18H2,1-3H3. The van der Waals surface area contributed by atoms with Gasteiger partial charge in [-0.15, -0.1) is 0 Å². The van der Waals surface area contributed by atoms with Crippen LogP contribution in [0, 0.1) is 0 Å². The molecule has 0 saturated heterocycles. The summed E-state index contributed by atoms with van der Waals surface area (Å²) in [4.78, 5) is 9.46. The molecule has 0 spiro atoms. The van der Waals surface area contributed by atoms with Crippen molar-refractivity contribution in [2.75, 3.05) is 39.4 Å². The average molecular weight is 420 g/mol. The van der Waals surface area contributed by atoms with E-state index in [1.54, 1.807) is 21.3 Å². The lowest BCUT2D eigenvalue weighted by Crippen LogP contribution is -2.43. The van der Waals surface area contributed by atoms with Gasteiger partial charge in [0.25, 0.3) is 0 Å². The molecule has 0 bridgehead atoms. The molecule has 0 atom stereocenters. The second-order valence-electron chi connectivity index (χ2n) is 7.70. The highest BCUT2D eigenvalue weighted by atomic mass is 16.5. The van der Waals surface area contributed by atoms with Crippen LogP contribution < -0.4 is 19.1 Å². The lowest BCUT2D eigenvalue weighted by atomic mass is 10.1. The number of benzene rings is 2. The maximum absolute atomic E-state index is 5.44. The molecule has 0 aliphatic carbocycles. The summed E-state index contributed by atoms with van der Waals surface area (Å²) >= 11 is 0. The van der Waals surface area contributed by atoms with Crippen molar-refractivity contribution in [3.8, 4) is 17.2 Å². The lowest BCUT2D eigenvalue weighted by Gasteiger charge is -2.37. The molecule has 0 radical (unpaired) electrons. The predicted molar refractivity (Wildman–Crippen MR) is 122 cm³/mol. The highest BCUT2D eigenvalue weighted by molar-refractivity contribution is 5.49. The van der Waals surface area contributed by atoms with Crippen LogP contribution in [0.2, 0.25) is 0 Å². The van der Waals surface area contributed by atoms with Gasteiger partial charge in [0.05, 0.1) is 28.0 Å². The van der Waals surface area contributed by atoms with Gasteiger partial charge in [0.1, 0.15) is 23.1 Å². The highest BCUT2D eigenvalue weighted by Crippen LogP contribution is 2.28. The predicted octanol–water partition coefficient (Wildman–Crippen LogP) is 4.13. The molecule has 4 rings (SSSR count). The van der Waals surface area contributed by atoms with Crippen molar-refractivity contribution in [1.82, 2.24) is 9.88 Å². The first-order valence-electron chi connectivity index (χ1n) is 10.4. The molecule has 0 N–H and O–H groups in total. The van der Waals surface area contributed by atoms with Gasteiger partial charge in [-0.25, -0.2) is 4.98 Å². The maximum Gasteiger partial charge on any atom is 0.134 e. The second kappa shape index (κ2) is 9.71. The maximum atomic E-state index is 5.44. The summed E-state index contributed by atoms with van der Waals surface area (Å²) < 4.78 is 16.1. The lowest BCUT2D eigenvalue weighted by molar-refractivity contribution is 0.241. The van der Waals surface area contributed by atoms with Crippen LogP contribution in [0.3, 0.4) is 0 Å². The minimum atomic E-state index is 0.806. The first-order chi connectivity index (χ1) is 15.2. The number of pyridine rings is 1. The van der Waals surface area contributed by atoms with E-state index >= 15 is 0 Å². The van der Waals surface area contributed by atoms with Crippen molar-refractivity contribution in [2.24, 2.45) is 0 Å². The number of aromatic nitrogens is 1. The van der Waals surface area contributed by atoms with Crippen LogP contribution >= 0.6 is 0 Å². The van der Waals surface area contributed by atoms with Gasteiger partial charge in [0, 0.05) is 37.5 Å². The zero-order valence-corrected chi connectivity index (χ0v) is 18.4. The summed E-state index contributed by atoms with van der Waals surface area (Å²) in [6.45, 7) is 3.39. The Morgan fingerprint density at radius 2 is 1.55 bits per heavy atom. The molecule has 0 unspecified atom stereocenters. The zero-order valence-electron chi connectivity index (χ0n) is 18.4. The first-order valence-corrected chi connectivity index (χ1v) is 10.4. The van der Waals surface area contributed by atoms with Gasteiger partial charge in [-0.1, -0.05) is 18.2 Å². The van der Waals surface area contributed by atoms with Gasteiger partial charge < -0.3 is 19.1 Å². The van der Waals surface area contributed by atoms with Gasteiger partial charge in [-0.2, -0.15) is 0 Å². The fraction of sp³-hybridized carbons (Fsp3) is 0.320. The fourth-order valence-corrected chi connectivity index (χ4v) is 3.99. The average Bonchev–Trinajstić information content (AvgIpc) is 2.82. The number of ether oxygens (including phenoxy) is 3. The van der Waals surface area contributed by atoms with E-state index in [0.29, 0.717) is 0 Å². The van der Waals surface area contributed by atoms with Gasteiger partial charge >= 0.3 is 0 Å². The summed E-state index contributed by atoms with van der Waals surface area (Å²) in [7, 11) is 5.06. The molecule has 1 aliphatic rings. The van der Waals surface area contributed by atoms with Crippen LogP contribution in [0.15, 0.2) is 60.8 Å². The minimum Gasteiger partial charge on any atom is -0.497 e. The Bertz CT molecular complexity index is 985. The molecule has 31 heavy (non-hydrogen) atoms. The molecule has 3 aromatic rings. The Labute approximate surface area is 184 Å². The number of anilines is 1. The quantitative estimate of drug-likeness (QED) is 0.547. The molecular formula is C25H29N3O3. The third kappa shape index (κ3) is 5.09. The Morgan fingerprint density at radius 1 is 0.839 bits per heavy atom. The van der Waals surface area contributed by atoms with E-state index in [0.717, 1.165) is 55.8 Å². The molecule has 0 saturated carbocycles. The van der Waals surface area contributed by atoms with Crippen LogP contribution in [0.5, 0.6) is 17.2 Å². The number of rotatable bonds is 8. The first kappa shape index (κ1) is 21.0. The van der Waals surface area contributed by atoms with Crippen molar-refractivity contribution >= 4 is 5.82 Å². The minimum absolute atomic E-state index is 0.806. The number of hydrogen-bond donors (Lipinski definition) is 0. The van der Waals surface area contributed by atoms with E-state index < -0.39 is 0 Å². The van der Waals surface area contributed by atoms with E-state index in [-0.39, 0.29) is 0 Å². The van der Waals surface area contributed by atoms with Crippen LogP contribution in [-0.4, -0.2) is 44.4 Å². The molecule has 6 heteroatoms. The van der Waals surface area contributed by atoms with Gasteiger partial charge in [0.2, 0.25) is 0 Å². The van der Waals surface area contributed by atoms with E-state index in [2.05, 4.69) is 45.1 Å². The van der Waals surface area contributed by atoms with Crippen molar-refractivity contribution in [3.63, 3.8) is 0 Å². The molecule has 0 fully saturated rings. The molecule has 6 nitrogen and oxygen atoms in total. The van der Waals surface area contributed by atoms with Crippen molar-refractivity contribution < 1.29 is 14.2 Å². The summed E-state index contributed by atoms with van der Waals surface area (Å²) in [5.41, 5.74) is 3.70. The highest BCUT2D eigenvalue weighted by Gasteiger charge is 2.23. The number of methoxy groups -OCH3 is 3. The Kier molecular flexibility index (Phi) is 6.57.